The van der Waals surface area contributed by atoms with Gasteiger partial charge in [-0.1, -0.05) is 53.0 Å². The molecule has 0 aliphatic heterocycles. The van der Waals surface area contributed by atoms with Gasteiger partial charge < -0.3 is 5.32 Å². The maximum atomic E-state index is 6.11. The van der Waals surface area contributed by atoms with Gasteiger partial charge in [0, 0.05) is 16.6 Å². The Hall–Kier alpha value is -0.890. The molecule has 2 rings (SSSR count). The Morgan fingerprint density at radius 2 is 1.68 bits per heavy atom. The molecule has 0 unspecified atom stereocenters. The fraction of sp³-hybridized carbons (Fsp3) is 0.200. The van der Waals surface area contributed by atoms with E-state index in [1.807, 2.05) is 24.3 Å². The van der Waals surface area contributed by atoms with Crippen molar-refractivity contribution >= 4 is 40.5 Å². The van der Waals surface area contributed by atoms with Gasteiger partial charge in [0.05, 0.1) is 10.7 Å². The molecule has 1 nitrogen and oxygen atoms in total. The number of aryl methyl sites for hydroxylation is 1. The highest BCUT2D eigenvalue weighted by atomic mass is 35.5. The van der Waals surface area contributed by atoms with E-state index in [1.165, 1.54) is 5.56 Å². The maximum absolute atomic E-state index is 6.11. The van der Waals surface area contributed by atoms with E-state index in [9.17, 15) is 0 Å². The molecule has 2 aromatic rings. The lowest BCUT2D eigenvalue weighted by atomic mass is 10.1. The zero-order chi connectivity index (χ0) is 13.7. The van der Waals surface area contributed by atoms with E-state index < -0.39 is 0 Å². The fourth-order valence-electron chi connectivity index (χ4n) is 1.84. The third kappa shape index (κ3) is 4.31. The third-order valence-corrected chi connectivity index (χ3v) is 3.76. The number of rotatable bonds is 5. The molecule has 0 aromatic heterocycles. The first kappa shape index (κ1) is 14.5. The number of hydrogen-bond donors (Lipinski definition) is 1. The Kier molecular flexibility index (Phi) is 5.38. The van der Waals surface area contributed by atoms with Gasteiger partial charge in [-0.15, -0.1) is 0 Å². The van der Waals surface area contributed by atoms with Gasteiger partial charge in [0.25, 0.3) is 0 Å². The molecule has 100 valence electrons. The smallest absolute Gasteiger partial charge is 0.0638 e. The number of nitrogens with one attached hydrogen (secondary N) is 1. The summed E-state index contributed by atoms with van der Waals surface area (Å²) in [6.07, 6.45) is 1.91. The van der Waals surface area contributed by atoms with Crippen molar-refractivity contribution in [3.8, 4) is 0 Å². The van der Waals surface area contributed by atoms with Crippen LogP contribution >= 0.6 is 34.8 Å². The summed E-state index contributed by atoms with van der Waals surface area (Å²) in [5, 5.41) is 5.47. The average molecular weight is 315 g/mol. The van der Waals surface area contributed by atoms with Gasteiger partial charge >= 0.3 is 0 Å². The molecule has 0 bridgehead atoms. The van der Waals surface area contributed by atoms with Crippen molar-refractivity contribution in [2.75, 3.05) is 11.9 Å². The van der Waals surface area contributed by atoms with Crippen LogP contribution in [0.25, 0.3) is 0 Å². The van der Waals surface area contributed by atoms with Crippen LogP contribution in [0.2, 0.25) is 15.1 Å². The van der Waals surface area contributed by atoms with Crippen LogP contribution in [-0.4, -0.2) is 6.54 Å². The van der Waals surface area contributed by atoms with Gasteiger partial charge in [0.15, 0.2) is 0 Å². The molecule has 0 radical (unpaired) electrons. The molecule has 0 heterocycles. The van der Waals surface area contributed by atoms with Crippen molar-refractivity contribution in [2.24, 2.45) is 0 Å². The molecule has 2 aromatic carbocycles. The topological polar surface area (TPSA) is 12.0 Å². The Bertz CT molecular complexity index is 555. The summed E-state index contributed by atoms with van der Waals surface area (Å²) in [5.41, 5.74) is 2.04. The van der Waals surface area contributed by atoms with E-state index in [0.717, 1.165) is 30.1 Å². The minimum atomic E-state index is 0.679. The predicted octanol–water partition coefficient (Wildman–Crippen LogP) is 5.69. The van der Waals surface area contributed by atoms with Gasteiger partial charge in [0.1, 0.15) is 0 Å². The fourth-order valence-corrected chi connectivity index (χ4v) is 2.42. The Morgan fingerprint density at radius 1 is 0.895 bits per heavy atom. The summed E-state index contributed by atoms with van der Waals surface area (Å²) in [6, 6.07) is 13.3. The molecule has 19 heavy (non-hydrogen) atoms. The molecule has 0 saturated heterocycles. The summed E-state index contributed by atoms with van der Waals surface area (Å²) < 4.78 is 0. The van der Waals surface area contributed by atoms with Crippen LogP contribution in [0, 0.1) is 0 Å². The molecular weight excluding hydrogens is 301 g/mol. The summed E-state index contributed by atoms with van der Waals surface area (Å²) in [6.45, 7) is 0.825. The van der Waals surface area contributed by atoms with E-state index in [-0.39, 0.29) is 0 Å². The van der Waals surface area contributed by atoms with Crippen LogP contribution in [0.4, 0.5) is 5.69 Å². The minimum absolute atomic E-state index is 0.679. The molecule has 0 fully saturated rings. The normalized spacial score (nSPS) is 10.5. The summed E-state index contributed by atoms with van der Waals surface area (Å²) in [5.74, 6) is 0. The summed E-state index contributed by atoms with van der Waals surface area (Å²) in [7, 11) is 0. The number of anilines is 1. The standard InChI is InChI=1S/C15H14Cl3N/c16-12-7-8-14(18)15(10-12)19-9-3-5-11-4-1-2-6-13(11)17/h1-2,4,6-8,10,19H,3,5,9H2. The van der Waals surface area contributed by atoms with Gasteiger partial charge in [0.2, 0.25) is 0 Å². The Morgan fingerprint density at radius 3 is 2.47 bits per heavy atom. The number of hydrogen-bond acceptors (Lipinski definition) is 1. The van der Waals surface area contributed by atoms with E-state index in [4.69, 9.17) is 34.8 Å². The molecule has 1 N–H and O–H groups in total. The van der Waals surface area contributed by atoms with Crippen molar-refractivity contribution < 1.29 is 0 Å². The average Bonchev–Trinajstić information content (AvgIpc) is 2.40. The van der Waals surface area contributed by atoms with Gasteiger partial charge in [-0.3, -0.25) is 0 Å². The minimum Gasteiger partial charge on any atom is -0.384 e. The lowest BCUT2D eigenvalue weighted by molar-refractivity contribution is 0.863. The largest absolute Gasteiger partial charge is 0.384 e. The SMILES string of the molecule is Clc1ccc(Cl)c(NCCCc2ccccc2Cl)c1. The molecule has 0 aliphatic rings. The number of halogens is 3. The lowest BCUT2D eigenvalue weighted by Gasteiger charge is -2.09. The quantitative estimate of drug-likeness (QED) is 0.699. The highest BCUT2D eigenvalue weighted by molar-refractivity contribution is 6.35. The molecule has 4 heteroatoms. The van der Waals surface area contributed by atoms with Gasteiger partial charge in [-0.05, 0) is 42.7 Å². The Balaban J connectivity index is 1.84. The second-order valence-electron chi connectivity index (χ2n) is 4.25. The lowest BCUT2D eigenvalue weighted by Crippen LogP contribution is -2.03. The van der Waals surface area contributed by atoms with Gasteiger partial charge in [-0.2, -0.15) is 0 Å². The molecule has 0 atom stereocenters. The van der Waals surface area contributed by atoms with Crippen LogP contribution in [0.5, 0.6) is 0 Å². The van der Waals surface area contributed by atoms with Crippen molar-refractivity contribution in [1.82, 2.24) is 0 Å². The maximum Gasteiger partial charge on any atom is 0.0638 e. The predicted molar refractivity (Wildman–Crippen MR) is 84.7 cm³/mol. The highest BCUT2D eigenvalue weighted by Crippen LogP contribution is 2.25. The number of benzene rings is 2. The molecule has 0 amide bonds. The molecule has 0 spiro atoms. The first-order valence-electron chi connectivity index (χ1n) is 6.09. The highest BCUT2D eigenvalue weighted by Gasteiger charge is 2.02. The van der Waals surface area contributed by atoms with Crippen molar-refractivity contribution in [2.45, 2.75) is 12.8 Å². The van der Waals surface area contributed by atoms with E-state index in [2.05, 4.69) is 11.4 Å². The van der Waals surface area contributed by atoms with Crippen molar-refractivity contribution in [1.29, 1.82) is 0 Å². The van der Waals surface area contributed by atoms with Crippen LogP contribution in [0.15, 0.2) is 42.5 Å². The molecular formula is C15H14Cl3N. The van der Waals surface area contributed by atoms with Crippen LogP contribution in [0.1, 0.15) is 12.0 Å². The van der Waals surface area contributed by atoms with E-state index in [0.29, 0.717) is 10.0 Å². The van der Waals surface area contributed by atoms with Crippen LogP contribution < -0.4 is 5.32 Å². The first-order valence-corrected chi connectivity index (χ1v) is 7.22. The summed E-state index contributed by atoms with van der Waals surface area (Å²) in [4.78, 5) is 0. The Labute approximate surface area is 128 Å². The van der Waals surface area contributed by atoms with E-state index >= 15 is 0 Å². The van der Waals surface area contributed by atoms with Crippen molar-refractivity contribution in [3.05, 3.63) is 63.1 Å². The summed E-state index contributed by atoms with van der Waals surface area (Å²) >= 11 is 18.1. The molecule has 0 saturated carbocycles. The second kappa shape index (κ2) is 7.04. The van der Waals surface area contributed by atoms with Crippen LogP contribution in [-0.2, 0) is 6.42 Å². The zero-order valence-electron chi connectivity index (χ0n) is 10.3. The zero-order valence-corrected chi connectivity index (χ0v) is 12.6. The monoisotopic (exact) mass is 313 g/mol. The van der Waals surface area contributed by atoms with E-state index in [1.54, 1.807) is 12.1 Å². The van der Waals surface area contributed by atoms with Crippen molar-refractivity contribution in [3.63, 3.8) is 0 Å². The van der Waals surface area contributed by atoms with Gasteiger partial charge in [-0.25, -0.2) is 0 Å². The first-order chi connectivity index (χ1) is 9.16. The van der Waals surface area contributed by atoms with Crippen LogP contribution in [0.3, 0.4) is 0 Å². The second-order valence-corrected chi connectivity index (χ2v) is 5.50. The molecule has 0 aliphatic carbocycles. The third-order valence-electron chi connectivity index (χ3n) is 2.82.